The Bertz CT molecular complexity index is 1770. The van der Waals surface area contributed by atoms with Crippen LogP contribution in [-0.4, -0.2) is 203 Å². The van der Waals surface area contributed by atoms with E-state index in [0.29, 0.717) is 32.1 Å². The van der Waals surface area contributed by atoms with Crippen molar-refractivity contribution in [2.45, 2.75) is 228 Å². The Morgan fingerprint density at radius 1 is 0.591 bits per heavy atom. The smallest absolute Gasteiger partial charge is 0.187 e. The molecule has 5 aliphatic carbocycles. The first-order chi connectivity index (χ1) is 30.8. The van der Waals surface area contributed by atoms with Gasteiger partial charge in [0.1, 0.15) is 67.1 Å². The molecule has 0 amide bonds. The van der Waals surface area contributed by atoms with Crippen LogP contribution in [0.15, 0.2) is 0 Å². The van der Waals surface area contributed by atoms with Gasteiger partial charge in [0.15, 0.2) is 18.9 Å². The standard InChI is InChI=1S/C47H78O19/c1-41(2)26(64-38-33(57)28(52)21(51)18-60-38)9-11-47-19-46(47)13-12-43(5)36(45(7)10-8-27(65-45)42(3,4)66-40-35(59)32(56)30(54)24(17-49)63-40)20(50)15-44(43,6)25(46)14-22(37(41)47)61-39-34(58)31(55)29(53)23(16-48)62-39/h20-40,48-59H,8-19H2,1-7H3/t20-,21+,22-,23-,24-,25-,26-,27-,28-,29-,30-,31+,32+,33+,34-,35-,36-,37-,38+,39-,40+,43+,44-,45+,46-,47+/m0/s1. The molecule has 12 N–H and O–H groups in total. The maximum atomic E-state index is 12.5. The van der Waals surface area contributed by atoms with Crippen LogP contribution in [0.2, 0.25) is 0 Å². The van der Waals surface area contributed by atoms with Gasteiger partial charge in [-0.05, 0) is 117 Å². The van der Waals surface area contributed by atoms with Crippen molar-refractivity contribution in [3.8, 4) is 0 Å². The summed E-state index contributed by atoms with van der Waals surface area (Å²) >= 11 is 0. The van der Waals surface area contributed by atoms with Crippen molar-refractivity contribution in [3.63, 3.8) is 0 Å². The highest BCUT2D eigenvalue weighted by atomic mass is 16.7. The molecule has 4 saturated heterocycles. The van der Waals surface area contributed by atoms with Crippen LogP contribution in [0.4, 0.5) is 0 Å². The zero-order valence-corrected chi connectivity index (χ0v) is 39.3. The fourth-order valence-corrected chi connectivity index (χ4v) is 16.4. The molecule has 4 heterocycles. The Kier molecular flexibility index (Phi) is 12.9. The highest BCUT2D eigenvalue weighted by Crippen LogP contribution is 2.89. The zero-order valence-electron chi connectivity index (χ0n) is 39.3. The third-order valence-corrected chi connectivity index (χ3v) is 19.9. The molecule has 4 aliphatic heterocycles. The van der Waals surface area contributed by atoms with Crippen LogP contribution in [0.3, 0.4) is 0 Å². The van der Waals surface area contributed by atoms with E-state index in [2.05, 4.69) is 34.6 Å². The normalized spacial score (nSPS) is 58.0. The quantitative estimate of drug-likeness (QED) is 0.112. The molecule has 0 bridgehead atoms. The third kappa shape index (κ3) is 7.22. The lowest BCUT2D eigenvalue weighted by molar-refractivity contribution is -0.339. The summed E-state index contributed by atoms with van der Waals surface area (Å²) in [6, 6.07) is 0. The number of hydrogen-bond acceptors (Lipinski definition) is 19. The molecule has 5 saturated carbocycles. The summed E-state index contributed by atoms with van der Waals surface area (Å²) in [4.78, 5) is 0. The summed E-state index contributed by atoms with van der Waals surface area (Å²) in [5.74, 6) is -0.523. The van der Waals surface area contributed by atoms with Crippen LogP contribution in [0, 0.1) is 44.8 Å². The zero-order chi connectivity index (χ0) is 48.1. The van der Waals surface area contributed by atoms with Gasteiger partial charge in [-0.3, -0.25) is 0 Å². The van der Waals surface area contributed by atoms with Crippen molar-refractivity contribution >= 4 is 0 Å². The lowest BCUT2D eigenvalue weighted by atomic mass is 9.41. The number of aliphatic hydroxyl groups excluding tert-OH is 12. The fraction of sp³-hybridized carbons (Fsp3) is 1.00. The number of aliphatic hydroxyl groups is 12. The van der Waals surface area contributed by atoms with Crippen LogP contribution in [0.1, 0.15) is 106 Å². The minimum absolute atomic E-state index is 0.00898. The molecule has 19 nitrogen and oxygen atoms in total. The van der Waals surface area contributed by atoms with Gasteiger partial charge in [0, 0.05) is 5.92 Å². The highest BCUT2D eigenvalue weighted by molar-refractivity contribution is 5.33. The first-order valence-electron chi connectivity index (χ1n) is 24.4. The monoisotopic (exact) mass is 947 g/mol. The van der Waals surface area contributed by atoms with Gasteiger partial charge >= 0.3 is 0 Å². The molecule has 26 atom stereocenters. The largest absolute Gasteiger partial charge is 0.394 e. The SMILES string of the molecule is CC(C)(O[C@H]1O[C@@H](CO)[C@H](O)[C@@H](O)[C@@H]1O)[C@@H]1CC[C@](C)([C@H]2[C@@H](O)C[C@@]3(C)[C@@H]4C[C@H](O[C@H]5O[C@@H](CO)[C@H](O)[C@@H](O)[C@@H]5O)[C@H]5C(C)(C)[C@@H](O[C@H]6OC[C@@H](O)[C@H](O)[C@H]6O)CC[C@@]56C[C@@]46CC[C@]23C)O1. The highest BCUT2D eigenvalue weighted by Gasteiger charge is 2.85. The minimum atomic E-state index is -1.65. The van der Waals surface area contributed by atoms with Crippen molar-refractivity contribution in [1.29, 1.82) is 0 Å². The van der Waals surface area contributed by atoms with Gasteiger partial charge in [-0.2, -0.15) is 0 Å². The van der Waals surface area contributed by atoms with Crippen LogP contribution >= 0.6 is 0 Å². The average molecular weight is 947 g/mol. The Labute approximate surface area is 386 Å². The van der Waals surface area contributed by atoms with E-state index in [4.69, 9.17) is 33.2 Å². The second-order valence-electron chi connectivity index (χ2n) is 23.8. The summed E-state index contributed by atoms with van der Waals surface area (Å²) in [5.41, 5.74) is -3.88. The van der Waals surface area contributed by atoms with Crippen molar-refractivity contribution in [2.75, 3.05) is 19.8 Å². The van der Waals surface area contributed by atoms with E-state index in [9.17, 15) is 61.3 Å². The summed E-state index contributed by atoms with van der Waals surface area (Å²) in [6.45, 7) is 13.0. The fourth-order valence-electron chi connectivity index (χ4n) is 16.4. The molecule has 0 radical (unpaired) electrons. The topological polar surface area (TPSA) is 307 Å². The van der Waals surface area contributed by atoms with Gasteiger partial charge in [0.25, 0.3) is 0 Å². The second kappa shape index (κ2) is 16.9. The molecule has 0 aromatic rings. The van der Waals surface area contributed by atoms with E-state index < -0.39 is 151 Å². The Balaban J connectivity index is 1.01. The molecule has 380 valence electrons. The lowest BCUT2D eigenvalue weighted by Gasteiger charge is -2.65. The summed E-state index contributed by atoms with van der Waals surface area (Å²) in [5, 5.41) is 129. The molecule has 0 unspecified atom stereocenters. The predicted molar refractivity (Wildman–Crippen MR) is 226 cm³/mol. The molecule has 19 heteroatoms. The molecule has 66 heavy (non-hydrogen) atoms. The summed E-state index contributed by atoms with van der Waals surface area (Å²) < 4.78 is 44.3. The molecule has 9 aliphatic rings. The average Bonchev–Trinajstić information content (AvgIpc) is 3.63. The first kappa shape index (κ1) is 50.2. The summed E-state index contributed by atoms with van der Waals surface area (Å²) in [7, 11) is 0. The van der Waals surface area contributed by atoms with Crippen LogP contribution in [0.25, 0.3) is 0 Å². The molecular formula is C47H78O19. The van der Waals surface area contributed by atoms with Gasteiger partial charge < -0.3 is 94.4 Å². The van der Waals surface area contributed by atoms with E-state index in [1.165, 1.54) is 0 Å². The molecule has 9 rings (SSSR count). The second-order valence-corrected chi connectivity index (χ2v) is 23.8. The lowest BCUT2D eigenvalue weighted by Crippen LogP contribution is -2.65. The maximum absolute atomic E-state index is 12.5. The Hall–Kier alpha value is -0.760. The maximum Gasteiger partial charge on any atom is 0.187 e. The van der Waals surface area contributed by atoms with E-state index in [1.54, 1.807) is 0 Å². The van der Waals surface area contributed by atoms with Gasteiger partial charge in [0.2, 0.25) is 0 Å². The molecular weight excluding hydrogens is 868 g/mol. The number of ether oxygens (including phenoxy) is 7. The minimum Gasteiger partial charge on any atom is -0.394 e. The van der Waals surface area contributed by atoms with Crippen LogP contribution in [-0.2, 0) is 33.2 Å². The van der Waals surface area contributed by atoms with E-state index in [-0.39, 0.29) is 35.2 Å². The third-order valence-electron chi connectivity index (χ3n) is 19.9. The van der Waals surface area contributed by atoms with E-state index in [0.717, 1.165) is 25.7 Å². The Morgan fingerprint density at radius 3 is 1.83 bits per heavy atom. The number of fused-ring (bicyclic) bond motifs is 2. The van der Waals surface area contributed by atoms with Gasteiger partial charge in [-0.15, -0.1) is 0 Å². The molecule has 0 aromatic heterocycles. The first-order valence-corrected chi connectivity index (χ1v) is 24.4. The summed E-state index contributed by atoms with van der Waals surface area (Å²) in [6.07, 6.45) is -16.3. The van der Waals surface area contributed by atoms with Crippen molar-refractivity contribution < 1.29 is 94.4 Å². The van der Waals surface area contributed by atoms with Crippen molar-refractivity contribution in [1.82, 2.24) is 0 Å². The van der Waals surface area contributed by atoms with Crippen LogP contribution in [0.5, 0.6) is 0 Å². The van der Waals surface area contributed by atoms with E-state index in [1.807, 2.05) is 13.8 Å². The van der Waals surface area contributed by atoms with Gasteiger partial charge in [-0.1, -0.05) is 27.7 Å². The van der Waals surface area contributed by atoms with E-state index >= 15 is 0 Å². The van der Waals surface area contributed by atoms with Crippen molar-refractivity contribution in [3.05, 3.63) is 0 Å². The molecule has 0 aromatic carbocycles. The Morgan fingerprint density at radius 2 is 1.20 bits per heavy atom. The van der Waals surface area contributed by atoms with Crippen molar-refractivity contribution in [2.24, 2.45) is 44.8 Å². The predicted octanol–water partition coefficient (Wildman–Crippen LogP) is -1.45. The van der Waals surface area contributed by atoms with Gasteiger partial charge in [-0.25, -0.2) is 0 Å². The van der Waals surface area contributed by atoms with Gasteiger partial charge in [0.05, 0.1) is 55.4 Å². The number of hydrogen-bond donors (Lipinski definition) is 12. The molecule has 2 spiro atoms. The number of rotatable bonds is 10. The van der Waals surface area contributed by atoms with Crippen LogP contribution < -0.4 is 0 Å². The molecule has 9 fully saturated rings.